The van der Waals surface area contributed by atoms with E-state index in [-0.39, 0.29) is 10.8 Å². The molecule has 1 aromatic rings. The summed E-state index contributed by atoms with van der Waals surface area (Å²) in [4.78, 5) is 18.0. The molecule has 0 bridgehead atoms. The number of anilines is 1. The number of ether oxygens (including phenoxy) is 1. The zero-order chi connectivity index (χ0) is 23.1. The van der Waals surface area contributed by atoms with E-state index in [1.165, 1.54) is 6.42 Å². The van der Waals surface area contributed by atoms with Gasteiger partial charge in [-0.2, -0.15) is 4.31 Å². The summed E-state index contributed by atoms with van der Waals surface area (Å²) in [7, 11) is -1.98. The molecule has 7 nitrogen and oxygen atoms in total. The highest BCUT2D eigenvalue weighted by Crippen LogP contribution is 2.30. The smallest absolute Gasteiger partial charge is 0.256 e. The van der Waals surface area contributed by atoms with Gasteiger partial charge in [0.05, 0.1) is 17.1 Å². The summed E-state index contributed by atoms with van der Waals surface area (Å²) in [5, 5.41) is 0. The van der Waals surface area contributed by atoms with Crippen molar-refractivity contribution in [2.45, 2.75) is 57.3 Å². The number of hydrogen-bond donors (Lipinski definition) is 0. The molecule has 2 saturated heterocycles. The van der Waals surface area contributed by atoms with Crippen LogP contribution in [0.3, 0.4) is 0 Å². The van der Waals surface area contributed by atoms with Gasteiger partial charge in [0, 0.05) is 52.1 Å². The number of methoxy groups -OCH3 is 1. The molecule has 0 saturated carbocycles. The second-order valence-corrected chi connectivity index (χ2v) is 11.3. The van der Waals surface area contributed by atoms with Crippen molar-refractivity contribution in [2.24, 2.45) is 5.92 Å². The van der Waals surface area contributed by atoms with Crippen molar-refractivity contribution in [3.63, 3.8) is 0 Å². The fourth-order valence-corrected chi connectivity index (χ4v) is 6.14. The van der Waals surface area contributed by atoms with E-state index in [2.05, 4.69) is 18.7 Å². The van der Waals surface area contributed by atoms with E-state index in [0.717, 1.165) is 50.9 Å². The van der Waals surface area contributed by atoms with Crippen molar-refractivity contribution in [1.29, 1.82) is 0 Å². The maximum atomic E-state index is 13.7. The molecule has 2 heterocycles. The monoisotopic (exact) mass is 465 g/mol. The summed E-state index contributed by atoms with van der Waals surface area (Å²) in [6.07, 6.45) is 6.19. The Morgan fingerprint density at radius 3 is 2.25 bits per heavy atom. The van der Waals surface area contributed by atoms with Crippen molar-refractivity contribution >= 4 is 21.6 Å². The molecular formula is C24H39N3O4S. The molecule has 8 heteroatoms. The van der Waals surface area contributed by atoms with E-state index in [4.69, 9.17) is 4.74 Å². The van der Waals surface area contributed by atoms with Crippen molar-refractivity contribution in [3.8, 4) is 0 Å². The number of carbonyl (C=O) groups excluding carboxylic acids is 1. The van der Waals surface area contributed by atoms with Crippen LogP contribution in [0.2, 0.25) is 0 Å². The fraction of sp³-hybridized carbons (Fsp3) is 0.708. The summed E-state index contributed by atoms with van der Waals surface area (Å²) in [6.45, 7) is 8.57. The molecule has 0 spiro atoms. The van der Waals surface area contributed by atoms with Gasteiger partial charge in [0.1, 0.15) is 0 Å². The van der Waals surface area contributed by atoms with Gasteiger partial charge in [0.2, 0.25) is 10.0 Å². The molecule has 0 unspecified atom stereocenters. The summed E-state index contributed by atoms with van der Waals surface area (Å²) >= 11 is 0. The molecule has 0 atom stereocenters. The fourth-order valence-electron chi connectivity index (χ4n) is 4.60. The van der Waals surface area contributed by atoms with Crippen LogP contribution in [0.15, 0.2) is 23.1 Å². The standard InChI is InChI=1S/C24H39N3O4S/c1-20(2)19-26(16-17-31-3)24(28)22-18-21(32(29,30)27-14-8-5-9-15-27)10-11-23(22)25-12-6-4-7-13-25/h10-11,18,20H,4-9,12-17,19H2,1-3H3. The van der Waals surface area contributed by atoms with Gasteiger partial charge in [-0.25, -0.2) is 8.42 Å². The van der Waals surface area contributed by atoms with Crippen LogP contribution in [0.5, 0.6) is 0 Å². The first-order valence-electron chi connectivity index (χ1n) is 12.0. The van der Waals surface area contributed by atoms with E-state index < -0.39 is 10.0 Å². The number of piperidine rings is 2. The summed E-state index contributed by atoms with van der Waals surface area (Å²) in [5.74, 6) is 0.182. The quantitative estimate of drug-likeness (QED) is 0.557. The Kier molecular flexibility index (Phi) is 8.96. The van der Waals surface area contributed by atoms with E-state index in [0.29, 0.717) is 44.3 Å². The molecular weight excluding hydrogens is 426 g/mol. The molecule has 1 amide bonds. The first kappa shape index (κ1) is 25.0. The molecule has 0 N–H and O–H groups in total. The highest BCUT2D eigenvalue weighted by molar-refractivity contribution is 7.89. The highest BCUT2D eigenvalue weighted by Gasteiger charge is 2.30. The minimum Gasteiger partial charge on any atom is -0.383 e. The van der Waals surface area contributed by atoms with Crippen molar-refractivity contribution in [1.82, 2.24) is 9.21 Å². The maximum Gasteiger partial charge on any atom is 0.256 e. The van der Waals surface area contributed by atoms with Crippen LogP contribution in [0.4, 0.5) is 5.69 Å². The molecule has 2 aliphatic rings. The number of hydrogen-bond acceptors (Lipinski definition) is 5. The topological polar surface area (TPSA) is 70.2 Å². The molecule has 32 heavy (non-hydrogen) atoms. The van der Waals surface area contributed by atoms with Crippen LogP contribution in [0.1, 0.15) is 62.7 Å². The predicted octanol–water partition coefficient (Wildman–Crippen LogP) is 3.60. The molecule has 180 valence electrons. The normalized spacial score (nSPS) is 18.2. The Bertz CT molecular complexity index is 860. The third kappa shape index (κ3) is 6.02. The van der Waals surface area contributed by atoms with Crippen molar-refractivity contribution in [2.75, 3.05) is 57.9 Å². The SMILES string of the molecule is COCCN(CC(C)C)C(=O)c1cc(S(=O)(=O)N2CCCCC2)ccc1N1CCCCC1. The Labute approximate surface area is 193 Å². The number of amides is 1. The van der Waals surface area contributed by atoms with E-state index in [9.17, 15) is 13.2 Å². The molecule has 0 aromatic heterocycles. The lowest BCUT2D eigenvalue weighted by molar-refractivity contribution is 0.0672. The lowest BCUT2D eigenvalue weighted by Crippen LogP contribution is -2.39. The van der Waals surface area contributed by atoms with Gasteiger partial charge >= 0.3 is 0 Å². The van der Waals surface area contributed by atoms with E-state index >= 15 is 0 Å². The van der Waals surface area contributed by atoms with E-state index in [1.807, 2.05) is 6.07 Å². The number of carbonyl (C=O) groups is 1. The van der Waals surface area contributed by atoms with Gasteiger partial charge in [0.25, 0.3) is 5.91 Å². The van der Waals surface area contributed by atoms with Crippen LogP contribution in [0.25, 0.3) is 0 Å². The highest BCUT2D eigenvalue weighted by atomic mass is 32.2. The summed E-state index contributed by atoms with van der Waals surface area (Å²) in [5.41, 5.74) is 1.33. The zero-order valence-corrected chi connectivity index (χ0v) is 20.7. The minimum atomic E-state index is -3.61. The average molecular weight is 466 g/mol. The zero-order valence-electron chi connectivity index (χ0n) is 19.9. The van der Waals surface area contributed by atoms with Gasteiger partial charge in [-0.05, 0) is 56.2 Å². The predicted molar refractivity (Wildman–Crippen MR) is 128 cm³/mol. The Morgan fingerprint density at radius 2 is 1.66 bits per heavy atom. The van der Waals surface area contributed by atoms with Crippen LogP contribution >= 0.6 is 0 Å². The first-order valence-corrected chi connectivity index (χ1v) is 13.5. The van der Waals surface area contributed by atoms with Crippen molar-refractivity contribution < 1.29 is 17.9 Å². The molecule has 0 aliphatic carbocycles. The second-order valence-electron chi connectivity index (χ2n) is 9.33. The summed E-state index contributed by atoms with van der Waals surface area (Å²) < 4.78 is 33.5. The Morgan fingerprint density at radius 1 is 1.03 bits per heavy atom. The summed E-state index contributed by atoms with van der Waals surface area (Å²) in [6, 6.07) is 5.15. The second kappa shape index (κ2) is 11.5. The van der Waals surface area contributed by atoms with Crippen LogP contribution in [0, 0.1) is 5.92 Å². The van der Waals surface area contributed by atoms with Crippen LogP contribution in [-0.2, 0) is 14.8 Å². The molecule has 1 aromatic carbocycles. The first-order chi connectivity index (χ1) is 15.3. The van der Waals surface area contributed by atoms with Gasteiger partial charge in [0.15, 0.2) is 0 Å². The number of rotatable bonds is 9. The molecule has 2 fully saturated rings. The molecule has 2 aliphatic heterocycles. The Hall–Kier alpha value is -1.64. The van der Waals surface area contributed by atoms with Crippen LogP contribution in [-0.4, -0.2) is 76.5 Å². The molecule has 3 rings (SSSR count). The van der Waals surface area contributed by atoms with Gasteiger partial charge in [-0.3, -0.25) is 4.79 Å². The molecule has 0 radical (unpaired) electrons. The third-order valence-corrected chi connectivity index (χ3v) is 8.18. The average Bonchev–Trinajstić information content (AvgIpc) is 2.81. The van der Waals surface area contributed by atoms with Crippen LogP contribution < -0.4 is 4.90 Å². The third-order valence-electron chi connectivity index (χ3n) is 6.29. The van der Waals surface area contributed by atoms with Gasteiger partial charge < -0.3 is 14.5 Å². The maximum absolute atomic E-state index is 13.7. The number of sulfonamides is 1. The largest absolute Gasteiger partial charge is 0.383 e. The van der Waals surface area contributed by atoms with Crippen molar-refractivity contribution in [3.05, 3.63) is 23.8 Å². The number of benzene rings is 1. The van der Waals surface area contributed by atoms with Gasteiger partial charge in [-0.1, -0.05) is 20.3 Å². The lowest BCUT2D eigenvalue weighted by atomic mass is 10.1. The number of nitrogens with zero attached hydrogens (tertiary/aromatic N) is 3. The minimum absolute atomic E-state index is 0.119. The Balaban J connectivity index is 2.00. The van der Waals surface area contributed by atoms with Gasteiger partial charge in [-0.15, -0.1) is 0 Å². The lowest BCUT2D eigenvalue weighted by Gasteiger charge is -2.33. The van der Waals surface area contributed by atoms with E-state index in [1.54, 1.807) is 28.4 Å².